The fourth-order valence-corrected chi connectivity index (χ4v) is 5.48. The molecule has 0 bridgehead atoms. The van der Waals surface area contributed by atoms with Gasteiger partial charge in [-0.25, -0.2) is 4.99 Å². The lowest BCUT2D eigenvalue weighted by Gasteiger charge is -2.33. The number of benzene rings is 2. The Balaban J connectivity index is 1.71. The Morgan fingerprint density at radius 3 is 2.59 bits per heavy atom. The third-order valence-corrected chi connectivity index (χ3v) is 7.47. The number of phenols is 1. The van der Waals surface area contributed by atoms with E-state index in [-0.39, 0.29) is 17.1 Å². The van der Waals surface area contributed by atoms with Gasteiger partial charge in [0.1, 0.15) is 10.8 Å². The number of aliphatic imine (C=N–C) groups is 1. The van der Waals surface area contributed by atoms with Gasteiger partial charge in [-0.1, -0.05) is 44.5 Å². The topological polar surface area (TPSA) is 61.7 Å². The average Bonchev–Trinajstić information content (AvgIpc) is 3.12. The van der Waals surface area contributed by atoms with Crippen LogP contribution in [0.3, 0.4) is 0 Å². The first kappa shape index (κ1) is 22.6. The van der Waals surface area contributed by atoms with Crippen LogP contribution in [0.4, 0.5) is 10.7 Å². The fourth-order valence-electron chi connectivity index (χ4n) is 4.09. The predicted octanol–water partition coefficient (Wildman–Crippen LogP) is 7.26. The molecule has 2 aromatic carbocycles. The molecule has 2 N–H and O–H groups in total. The van der Waals surface area contributed by atoms with Gasteiger partial charge in [0.05, 0.1) is 5.56 Å². The number of nitrogens with zero attached hydrogens (tertiary/aromatic N) is 1. The second-order valence-electron chi connectivity index (χ2n) is 9.27. The molecular weight excluding hydrogens is 440 g/mol. The fraction of sp³-hybridized carbons (Fsp3) is 0.308. The van der Waals surface area contributed by atoms with Gasteiger partial charge in [-0.15, -0.1) is 11.3 Å². The van der Waals surface area contributed by atoms with Gasteiger partial charge >= 0.3 is 0 Å². The van der Waals surface area contributed by atoms with Crippen LogP contribution in [0.1, 0.15) is 53.6 Å². The maximum absolute atomic E-state index is 13.3. The maximum Gasteiger partial charge on any atom is 0.259 e. The standard InChI is InChI=1S/C26H27ClN2O2S/c1-26(2,3)17-8-13-20-22(14-17)32-25(28-15-16-6-4-5-7-21(16)30)23(20)24(31)29-19-11-9-18(27)10-12-19/h4-7,9-12,15,17,30H,8,13-14H2,1-3H3,(H,29,31)/t17-/m1/s1. The molecule has 1 amide bonds. The molecule has 4 nitrogen and oxygen atoms in total. The van der Waals surface area contributed by atoms with Gasteiger partial charge in [-0.05, 0) is 72.6 Å². The van der Waals surface area contributed by atoms with E-state index in [1.165, 1.54) is 4.88 Å². The molecule has 1 heterocycles. The minimum atomic E-state index is -0.163. The van der Waals surface area contributed by atoms with E-state index in [1.54, 1.807) is 60.0 Å². The van der Waals surface area contributed by atoms with Crippen LogP contribution in [-0.4, -0.2) is 17.2 Å². The summed E-state index contributed by atoms with van der Waals surface area (Å²) in [5.74, 6) is 0.567. The number of rotatable bonds is 4. The van der Waals surface area contributed by atoms with E-state index < -0.39 is 0 Å². The van der Waals surface area contributed by atoms with Crippen molar-refractivity contribution >= 4 is 45.7 Å². The summed E-state index contributed by atoms with van der Waals surface area (Å²) in [7, 11) is 0. The minimum Gasteiger partial charge on any atom is -0.507 e. The van der Waals surface area contributed by atoms with E-state index in [0.717, 1.165) is 24.8 Å². The summed E-state index contributed by atoms with van der Waals surface area (Å²) in [6, 6.07) is 14.1. The first-order valence-electron chi connectivity index (χ1n) is 10.8. The van der Waals surface area contributed by atoms with Crippen LogP contribution in [0, 0.1) is 11.3 Å². The number of anilines is 1. The SMILES string of the molecule is CC(C)(C)[C@@H]1CCc2c(sc(N=Cc3ccccc3O)c2C(=O)Nc2ccc(Cl)cc2)C1. The van der Waals surface area contributed by atoms with Gasteiger partial charge in [0.25, 0.3) is 5.91 Å². The number of carbonyl (C=O) groups is 1. The molecule has 166 valence electrons. The Morgan fingerprint density at radius 1 is 1.19 bits per heavy atom. The van der Waals surface area contributed by atoms with Crippen molar-refractivity contribution in [3.8, 4) is 5.75 Å². The number of para-hydroxylation sites is 1. The monoisotopic (exact) mass is 466 g/mol. The Morgan fingerprint density at radius 2 is 1.91 bits per heavy atom. The number of hydrogen-bond donors (Lipinski definition) is 2. The van der Waals surface area contributed by atoms with E-state index >= 15 is 0 Å². The number of amides is 1. The van der Waals surface area contributed by atoms with Gasteiger partial charge in [0, 0.05) is 27.4 Å². The van der Waals surface area contributed by atoms with Crippen molar-refractivity contribution in [2.45, 2.75) is 40.0 Å². The van der Waals surface area contributed by atoms with Crippen LogP contribution in [0.5, 0.6) is 5.75 Å². The smallest absolute Gasteiger partial charge is 0.259 e. The third kappa shape index (κ3) is 4.89. The molecule has 3 aromatic rings. The Hall–Kier alpha value is -2.63. The molecule has 0 saturated carbocycles. The molecule has 1 aromatic heterocycles. The zero-order valence-corrected chi connectivity index (χ0v) is 20.1. The number of hydrogen-bond acceptors (Lipinski definition) is 4. The molecule has 32 heavy (non-hydrogen) atoms. The molecule has 4 rings (SSSR count). The summed E-state index contributed by atoms with van der Waals surface area (Å²) in [4.78, 5) is 19.2. The predicted molar refractivity (Wildman–Crippen MR) is 134 cm³/mol. The van der Waals surface area contributed by atoms with E-state index in [0.29, 0.717) is 32.8 Å². The van der Waals surface area contributed by atoms with Crippen molar-refractivity contribution in [1.29, 1.82) is 0 Å². The van der Waals surface area contributed by atoms with Gasteiger partial charge in [-0.2, -0.15) is 0 Å². The molecule has 6 heteroatoms. The molecule has 0 fully saturated rings. The number of nitrogens with one attached hydrogen (secondary N) is 1. The van der Waals surface area contributed by atoms with Crippen LogP contribution in [0.25, 0.3) is 0 Å². The number of thiophene rings is 1. The average molecular weight is 467 g/mol. The van der Waals surface area contributed by atoms with Crippen molar-refractivity contribution in [3.05, 3.63) is 75.1 Å². The highest BCUT2D eigenvalue weighted by Crippen LogP contribution is 2.45. The van der Waals surface area contributed by atoms with Crippen LogP contribution >= 0.6 is 22.9 Å². The lowest BCUT2D eigenvalue weighted by atomic mass is 9.72. The lowest BCUT2D eigenvalue weighted by molar-refractivity contribution is 0.102. The summed E-state index contributed by atoms with van der Waals surface area (Å²) >= 11 is 7.57. The number of fused-ring (bicyclic) bond motifs is 1. The summed E-state index contributed by atoms with van der Waals surface area (Å²) in [5.41, 5.74) is 3.27. The van der Waals surface area contributed by atoms with Gasteiger partial charge < -0.3 is 10.4 Å². The summed E-state index contributed by atoms with van der Waals surface area (Å²) in [6.45, 7) is 6.84. The quantitative estimate of drug-likeness (QED) is 0.397. The minimum absolute atomic E-state index is 0.163. The highest BCUT2D eigenvalue weighted by Gasteiger charge is 2.33. The molecule has 1 aliphatic carbocycles. The van der Waals surface area contributed by atoms with Crippen molar-refractivity contribution in [2.75, 3.05) is 5.32 Å². The van der Waals surface area contributed by atoms with Crippen molar-refractivity contribution in [1.82, 2.24) is 0 Å². The second-order valence-corrected chi connectivity index (χ2v) is 10.8. The number of aromatic hydroxyl groups is 1. The Labute approximate surface area is 198 Å². The maximum atomic E-state index is 13.3. The second kappa shape index (κ2) is 9.08. The molecule has 0 spiro atoms. The van der Waals surface area contributed by atoms with Crippen LogP contribution in [0.2, 0.25) is 5.02 Å². The van der Waals surface area contributed by atoms with Gasteiger partial charge in [-0.3, -0.25) is 4.79 Å². The van der Waals surface area contributed by atoms with Crippen LogP contribution in [0.15, 0.2) is 53.5 Å². The molecular formula is C26H27ClN2O2S. The number of halogens is 1. The molecule has 0 radical (unpaired) electrons. The molecule has 1 atom stereocenters. The largest absolute Gasteiger partial charge is 0.507 e. The van der Waals surface area contributed by atoms with Crippen molar-refractivity contribution in [2.24, 2.45) is 16.3 Å². The van der Waals surface area contributed by atoms with E-state index in [9.17, 15) is 9.90 Å². The highest BCUT2D eigenvalue weighted by atomic mass is 35.5. The summed E-state index contributed by atoms with van der Waals surface area (Å²) in [6.07, 6.45) is 4.50. The molecule has 1 aliphatic rings. The van der Waals surface area contributed by atoms with Crippen molar-refractivity contribution in [3.63, 3.8) is 0 Å². The van der Waals surface area contributed by atoms with Gasteiger partial charge in [0.15, 0.2) is 0 Å². The number of phenolic OH excluding ortho intramolecular Hbond substituents is 1. The molecule has 0 saturated heterocycles. The van der Waals surface area contributed by atoms with Crippen LogP contribution in [-0.2, 0) is 12.8 Å². The zero-order chi connectivity index (χ0) is 22.9. The van der Waals surface area contributed by atoms with Crippen molar-refractivity contribution < 1.29 is 9.90 Å². The first-order chi connectivity index (χ1) is 15.2. The van der Waals surface area contributed by atoms with Gasteiger partial charge in [0.2, 0.25) is 0 Å². The Bertz CT molecular complexity index is 1160. The first-order valence-corrected chi connectivity index (χ1v) is 12.0. The molecule has 0 unspecified atom stereocenters. The van der Waals surface area contributed by atoms with Crippen LogP contribution < -0.4 is 5.32 Å². The lowest BCUT2D eigenvalue weighted by Crippen LogP contribution is -2.27. The number of carbonyl (C=O) groups excluding carboxylic acids is 1. The molecule has 0 aliphatic heterocycles. The van der Waals surface area contributed by atoms with E-state index in [1.807, 2.05) is 6.07 Å². The highest BCUT2D eigenvalue weighted by molar-refractivity contribution is 7.16. The van der Waals surface area contributed by atoms with E-state index in [2.05, 4.69) is 31.1 Å². The summed E-state index contributed by atoms with van der Waals surface area (Å²) < 4.78 is 0. The normalized spacial score (nSPS) is 16.2. The Kier molecular flexibility index (Phi) is 6.40. The zero-order valence-electron chi connectivity index (χ0n) is 18.5. The summed E-state index contributed by atoms with van der Waals surface area (Å²) in [5, 5.41) is 14.4. The van der Waals surface area contributed by atoms with E-state index in [4.69, 9.17) is 11.6 Å². The third-order valence-electron chi connectivity index (χ3n) is 6.06.